The Bertz CT molecular complexity index is 602. The van der Waals surface area contributed by atoms with Crippen LogP contribution in [0.4, 0.5) is 0 Å². The third kappa shape index (κ3) is 3.58. The second kappa shape index (κ2) is 7.29. The lowest BCUT2D eigenvalue weighted by atomic mass is 9.97. The van der Waals surface area contributed by atoms with Crippen molar-refractivity contribution in [2.75, 3.05) is 26.2 Å². The Balaban J connectivity index is 1.61. The molecule has 0 bridgehead atoms. The molecule has 0 aromatic carbocycles. The van der Waals surface area contributed by atoms with Crippen LogP contribution in [0.1, 0.15) is 50.4 Å². The summed E-state index contributed by atoms with van der Waals surface area (Å²) in [5.41, 5.74) is 5.39. The number of hydrogen-bond donors (Lipinski definition) is 1. The normalized spacial score (nSPS) is 25.1. The fourth-order valence-electron chi connectivity index (χ4n) is 3.56. The molecule has 2 N–H and O–H groups in total. The molecular formula is C16H25N5O3. The van der Waals surface area contributed by atoms with Crippen molar-refractivity contribution in [1.29, 1.82) is 0 Å². The number of hydrogen-bond acceptors (Lipinski definition) is 6. The first-order chi connectivity index (χ1) is 11.6. The summed E-state index contributed by atoms with van der Waals surface area (Å²) in [7, 11) is 0. The zero-order valence-electron chi connectivity index (χ0n) is 14.1. The van der Waals surface area contributed by atoms with Gasteiger partial charge >= 0.3 is 0 Å². The van der Waals surface area contributed by atoms with Crippen LogP contribution in [0.3, 0.4) is 0 Å². The highest BCUT2D eigenvalue weighted by Crippen LogP contribution is 2.30. The fourth-order valence-corrected chi connectivity index (χ4v) is 3.56. The van der Waals surface area contributed by atoms with Crippen LogP contribution in [0.15, 0.2) is 4.52 Å². The summed E-state index contributed by atoms with van der Waals surface area (Å²) in [6.07, 6.45) is 4.25. The maximum atomic E-state index is 12.6. The number of aromatic nitrogens is 2. The molecule has 3 rings (SSSR count). The predicted molar refractivity (Wildman–Crippen MR) is 85.7 cm³/mol. The molecule has 3 heterocycles. The molecule has 1 aromatic rings. The maximum Gasteiger partial charge on any atom is 0.236 e. The Kier molecular flexibility index (Phi) is 5.13. The fraction of sp³-hybridized carbons (Fsp3) is 0.750. The minimum absolute atomic E-state index is 0.0368. The molecule has 2 atom stereocenters. The van der Waals surface area contributed by atoms with Gasteiger partial charge in [-0.1, -0.05) is 12.1 Å². The molecule has 0 unspecified atom stereocenters. The summed E-state index contributed by atoms with van der Waals surface area (Å²) >= 11 is 0. The lowest BCUT2D eigenvalue weighted by Crippen LogP contribution is -2.47. The van der Waals surface area contributed by atoms with Gasteiger partial charge in [0.1, 0.15) is 0 Å². The molecule has 0 radical (unpaired) electrons. The number of aryl methyl sites for hydroxylation is 1. The first-order valence-electron chi connectivity index (χ1n) is 8.72. The van der Waals surface area contributed by atoms with Crippen LogP contribution in [-0.2, 0) is 16.0 Å². The van der Waals surface area contributed by atoms with E-state index in [0.29, 0.717) is 37.8 Å². The molecule has 132 valence electrons. The summed E-state index contributed by atoms with van der Waals surface area (Å²) in [5, 5.41) is 4.06. The Morgan fingerprint density at radius 2 is 2.08 bits per heavy atom. The summed E-state index contributed by atoms with van der Waals surface area (Å²) < 4.78 is 5.20. The Morgan fingerprint density at radius 1 is 1.29 bits per heavy atom. The largest absolute Gasteiger partial charge is 0.369 e. The Hall–Kier alpha value is -1.96. The molecule has 2 saturated heterocycles. The van der Waals surface area contributed by atoms with Gasteiger partial charge in [0, 0.05) is 19.5 Å². The number of nitrogens with zero attached hydrogens (tertiary/aromatic N) is 4. The summed E-state index contributed by atoms with van der Waals surface area (Å²) in [5.74, 6) is 0.813. The van der Waals surface area contributed by atoms with E-state index in [-0.39, 0.29) is 23.8 Å². The maximum absolute atomic E-state index is 12.6. The first kappa shape index (κ1) is 16.9. The second-order valence-electron chi connectivity index (χ2n) is 6.61. The molecule has 8 nitrogen and oxygen atoms in total. The number of likely N-dealkylation sites (tertiary alicyclic amines) is 2. The lowest BCUT2D eigenvalue weighted by molar-refractivity contribution is -0.136. The van der Waals surface area contributed by atoms with Gasteiger partial charge < -0.3 is 15.2 Å². The van der Waals surface area contributed by atoms with E-state index in [0.717, 1.165) is 32.2 Å². The van der Waals surface area contributed by atoms with Crippen LogP contribution in [-0.4, -0.2) is 57.9 Å². The molecule has 0 spiro atoms. The molecule has 0 saturated carbocycles. The van der Waals surface area contributed by atoms with Gasteiger partial charge in [-0.25, -0.2) is 0 Å². The zero-order valence-corrected chi connectivity index (χ0v) is 14.1. The molecule has 2 aliphatic rings. The number of carbonyl (C=O) groups is 2. The number of piperidine rings is 1. The van der Waals surface area contributed by atoms with E-state index in [2.05, 4.69) is 15.0 Å². The van der Waals surface area contributed by atoms with Gasteiger partial charge in [-0.05, 0) is 32.2 Å². The van der Waals surface area contributed by atoms with Crippen LogP contribution in [0.5, 0.6) is 0 Å². The minimum Gasteiger partial charge on any atom is -0.369 e. The van der Waals surface area contributed by atoms with Gasteiger partial charge in [0.25, 0.3) is 0 Å². The van der Waals surface area contributed by atoms with Crippen molar-refractivity contribution in [2.45, 2.75) is 45.1 Å². The molecule has 8 heteroatoms. The van der Waals surface area contributed by atoms with Gasteiger partial charge in [-0.3, -0.25) is 14.5 Å². The molecule has 2 aliphatic heterocycles. The highest BCUT2D eigenvalue weighted by molar-refractivity contribution is 5.81. The van der Waals surface area contributed by atoms with E-state index in [4.69, 9.17) is 10.3 Å². The predicted octanol–water partition coefficient (Wildman–Crippen LogP) is 0.493. The first-order valence-corrected chi connectivity index (χ1v) is 8.72. The summed E-state index contributed by atoms with van der Waals surface area (Å²) in [6.45, 7) is 4.28. The van der Waals surface area contributed by atoms with Crippen LogP contribution in [0, 0.1) is 5.92 Å². The standard InChI is InChI=1S/C16H25N5O3/c1-2-13-18-16(19-24-13)12-6-4-7-20(12)10-14(22)21-8-3-5-11(9-21)15(17)23/h11-12H,2-10H2,1H3,(H2,17,23)/t11-,12-/m0/s1. The van der Waals surface area contributed by atoms with Crippen molar-refractivity contribution in [3.63, 3.8) is 0 Å². The lowest BCUT2D eigenvalue weighted by Gasteiger charge is -2.33. The van der Waals surface area contributed by atoms with Gasteiger partial charge in [-0.2, -0.15) is 4.98 Å². The van der Waals surface area contributed by atoms with Gasteiger partial charge in [0.05, 0.1) is 18.5 Å². The Labute approximate surface area is 141 Å². The van der Waals surface area contributed by atoms with Crippen LogP contribution in [0.25, 0.3) is 0 Å². The van der Waals surface area contributed by atoms with Crippen molar-refractivity contribution in [3.8, 4) is 0 Å². The minimum atomic E-state index is -0.314. The zero-order chi connectivity index (χ0) is 17.1. The van der Waals surface area contributed by atoms with Crippen molar-refractivity contribution < 1.29 is 14.1 Å². The van der Waals surface area contributed by atoms with Gasteiger partial charge in [0.2, 0.25) is 17.7 Å². The van der Waals surface area contributed by atoms with Crippen LogP contribution < -0.4 is 5.73 Å². The van der Waals surface area contributed by atoms with E-state index in [1.165, 1.54) is 0 Å². The topological polar surface area (TPSA) is 106 Å². The number of carbonyl (C=O) groups excluding carboxylic acids is 2. The van der Waals surface area contributed by atoms with E-state index in [1.807, 2.05) is 6.92 Å². The van der Waals surface area contributed by atoms with Gasteiger partial charge in [-0.15, -0.1) is 0 Å². The van der Waals surface area contributed by atoms with Gasteiger partial charge in [0.15, 0.2) is 5.82 Å². The average Bonchev–Trinajstić information content (AvgIpc) is 3.23. The third-order valence-electron chi connectivity index (χ3n) is 4.96. The number of nitrogens with two attached hydrogens (primary N) is 1. The molecule has 0 aliphatic carbocycles. The Morgan fingerprint density at radius 3 is 2.79 bits per heavy atom. The van der Waals surface area contributed by atoms with E-state index in [1.54, 1.807) is 4.90 Å². The summed E-state index contributed by atoms with van der Waals surface area (Å²) in [6, 6.07) is 0.0368. The van der Waals surface area contributed by atoms with Crippen molar-refractivity contribution in [3.05, 3.63) is 11.7 Å². The quantitative estimate of drug-likeness (QED) is 0.839. The van der Waals surface area contributed by atoms with E-state index >= 15 is 0 Å². The molecule has 2 fully saturated rings. The van der Waals surface area contributed by atoms with Crippen molar-refractivity contribution in [2.24, 2.45) is 11.7 Å². The molecular weight excluding hydrogens is 310 g/mol. The molecule has 24 heavy (non-hydrogen) atoms. The van der Waals surface area contributed by atoms with E-state index < -0.39 is 0 Å². The van der Waals surface area contributed by atoms with Crippen LogP contribution >= 0.6 is 0 Å². The SMILES string of the molecule is CCc1nc([C@@H]2CCCN2CC(=O)N2CCC[C@H](C(N)=O)C2)no1. The number of rotatable bonds is 5. The molecule has 1 aromatic heterocycles. The summed E-state index contributed by atoms with van der Waals surface area (Å²) in [4.78, 5) is 32.3. The highest BCUT2D eigenvalue weighted by Gasteiger charge is 2.33. The van der Waals surface area contributed by atoms with Crippen molar-refractivity contribution in [1.82, 2.24) is 19.9 Å². The average molecular weight is 335 g/mol. The van der Waals surface area contributed by atoms with E-state index in [9.17, 15) is 9.59 Å². The third-order valence-corrected chi connectivity index (χ3v) is 4.96. The second-order valence-corrected chi connectivity index (χ2v) is 6.61. The van der Waals surface area contributed by atoms with Crippen molar-refractivity contribution >= 4 is 11.8 Å². The molecule has 2 amide bonds. The highest BCUT2D eigenvalue weighted by atomic mass is 16.5. The monoisotopic (exact) mass is 335 g/mol. The number of amides is 2. The smallest absolute Gasteiger partial charge is 0.236 e. The number of primary amides is 1. The van der Waals surface area contributed by atoms with Crippen LogP contribution in [0.2, 0.25) is 0 Å².